The van der Waals surface area contributed by atoms with Gasteiger partial charge in [-0.15, -0.1) is 11.3 Å². The van der Waals surface area contributed by atoms with Gasteiger partial charge in [0.25, 0.3) is 5.56 Å². The first-order chi connectivity index (χ1) is 12.1. The normalized spacial score (nSPS) is 12.0. The van der Waals surface area contributed by atoms with Crippen LogP contribution in [0.4, 0.5) is 13.2 Å². The van der Waals surface area contributed by atoms with E-state index in [0.717, 1.165) is 20.5 Å². The highest BCUT2D eigenvalue weighted by molar-refractivity contribution is 7.18. The second-order valence-electron chi connectivity index (χ2n) is 5.75. The fraction of sp³-hybridized carbons (Fsp3) is 0.533. The zero-order chi connectivity index (χ0) is 19.6. The number of nitrogens with one attached hydrogen (secondary N) is 1. The summed E-state index contributed by atoms with van der Waals surface area (Å²) < 4.78 is 39.8. The molecule has 2 aromatic heterocycles. The Hall–Kier alpha value is -2.14. The van der Waals surface area contributed by atoms with Crippen molar-refractivity contribution >= 4 is 27.5 Å². The summed E-state index contributed by atoms with van der Waals surface area (Å²) in [6.07, 6.45) is -5.59. The molecule has 1 amide bonds. The Morgan fingerprint density at radius 2 is 1.92 bits per heavy atom. The molecule has 0 bridgehead atoms. The highest BCUT2D eigenvalue weighted by Gasteiger charge is 2.28. The first kappa shape index (κ1) is 20.2. The van der Waals surface area contributed by atoms with Gasteiger partial charge < -0.3 is 11.1 Å². The van der Waals surface area contributed by atoms with Gasteiger partial charge in [0.1, 0.15) is 4.83 Å². The minimum absolute atomic E-state index is 0.0597. The summed E-state index contributed by atoms with van der Waals surface area (Å²) in [5.41, 5.74) is 4.35. The van der Waals surface area contributed by atoms with Crippen molar-refractivity contribution in [2.24, 2.45) is 5.73 Å². The number of carbonyl (C=O) groups excluding carboxylic acids is 1. The molecule has 0 saturated carbocycles. The van der Waals surface area contributed by atoms with Crippen molar-refractivity contribution in [3.8, 4) is 0 Å². The van der Waals surface area contributed by atoms with Gasteiger partial charge in [-0.3, -0.25) is 18.7 Å². The Morgan fingerprint density at radius 1 is 1.27 bits per heavy atom. The number of carbonyl (C=O) groups is 1. The number of halogens is 3. The zero-order valence-corrected chi connectivity index (χ0v) is 15.1. The molecule has 0 saturated heterocycles. The molecule has 0 aromatic carbocycles. The Labute approximate surface area is 150 Å². The summed E-state index contributed by atoms with van der Waals surface area (Å²) in [6, 6.07) is 0. The van der Waals surface area contributed by atoms with Crippen LogP contribution in [0.1, 0.15) is 23.8 Å². The second kappa shape index (κ2) is 7.62. The lowest BCUT2D eigenvalue weighted by Gasteiger charge is -2.12. The number of fused-ring (bicyclic) bond motifs is 1. The topological polar surface area (TPSA) is 99.1 Å². The summed E-state index contributed by atoms with van der Waals surface area (Å²) in [6.45, 7) is 2.89. The van der Waals surface area contributed by atoms with Crippen molar-refractivity contribution in [3.63, 3.8) is 0 Å². The average molecular weight is 392 g/mol. The molecule has 2 aromatic rings. The Bertz CT molecular complexity index is 943. The van der Waals surface area contributed by atoms with Gasteiger partial charge in [0.15, 0.2) is 0 Å². The van der Waals surface area contributed by atoms with E-state index in [1.165, 1.54) is 0 Å². The van der Waals surface area contributed by atoms with Crippen LogP contribution in [-0.4, -0.2) is 27.8 Å². The number of hydrogen-bond donors (Lipinski definition) is 2. The Morgan fingerprint density at radius 3 is 2.46 bits per heavy atom. The summed E-state index contributed by atoms with van der Waals surface area (Å²) in [5, 5.41) is 3.03. The molecule has 0 atom stereocenters. The van der Waals surface area contributed by atoms with Gasteiger partial charge in [0.05, 0.1) is 18.4 Å². The predicted molar refractivity (Wildman–Crippen MR) is 92.3 cm³/mol. The Kier molecular flexibility index (Phi) is 5.91. The second-order valence-corrected chi connectivity index (χ2v) is 6.83. The minimum atomic E-state index is -4.42. The van der Waals surface area contributed by atoms with Gasteiger partial charge in [-0.05, 0) is 19.4 Å². The summed E-state index contributed by atoms with van der Waals surface area (Å²) in [5.74, 6) is -0.556. The molecule has 0 fully saturated rings. The van der Waals surface area contributed by atoms with E-state index in [0.29, 0.717) is 10.4 Å². The van der Waals surface area contributed by atoms with Crippen molar-refractivity contribution in [1.29, 1.82) is 0 Å². The van der Waals surface area contributed by atoms with Crippen LogP contribution in [0.25, 0.3) is 10.2 Å². The molecule has 7 nitrogen and oxygen atoms in total. The molecule has 26 heavy (non-hydrogen) atoms. The largest absolute Gasteiger partial charge is 0.390 e. The highest BCUT2D eigenvalue weighted by Crippen LogP contribution is 2.29. The van der Waals surface area contributed by atoms with Crippen molar-refractivity contribution in [2.45, 2.75) is 46.1 Å². The predicted octanol–water partition coefficient (Wildman–Crippen LogP) is 1.08. The average Bonchev–Trinajstić information content (AvgIpc) is 2.83. The standard InChI is InChI=1S/C15H19F3N4O3S/c1-3-21-12(24)11-8(2)9(6-20-7-10(19)23)26-13(11)22(14(21)25)5-4-15(16,17)18/h20H,3-7H2,1-2H3,(H2,19,23). The lowest BCUT2D eigenvalue weighted by atomic mass is 10.2. The van der Waals surface area contributed by atoms with Crippen molar-refractivity contribution in [1.82, 2.24) is 14.5 Å². The first-order valence-electron chi connectivity index (χ1n) is 7.88. The van der Waals surface area contributed by atoms with Crippen molar-refractivity contribution in [2.75, 3.05) is 6.54 Å². The quantitative estimate of drug-likeness (QED) is 0.737. The van der Waals surface area contributed by atoms with Gasteiger partial charge in [-0.2, -0.15) is 13.2 Å². The molecule has 11 heteroatoms. The number of nitrogens with zero attached hydrogens (tertiary/aromatic N) is 2. The summed E-state index contributed by atoms with van der Waals surface area (Å²) in [4.78, 5) is 36.7. The molecule has 0 unspecified atom stereocenters. The molecule has 0 aliphatic rings. The number of aryl methyl sites for hydroxylation is 2. The number of hydrogen-bond acceptors (Lipinski definition) is 5. The number of rotatable bonds is 7. The number of alkyl halides is 3. The lowest BCUT2D eigenvalue weighted by Crippen LogP contribution is -2.39. The van der Waals surface area contributed by atoms with E-state index in [4.69, 9.17) is 5.73 Å². The number of nitrogens with two attached hydrogens (primary N) is 1. The SMILES string of the molecule is CCn1c(=O)c2c(C)c(CNCC(N)=O)sc2n(CCC(F)(F)F)c1=O. The van der Waals surface area contributed by atoms with Gasteiger partial charge in [-0.25, -0.2) is 4.79 Å². The molecule has 0 aliphatic carbocycles. The van der Waals surface area contributed by atoms with Crippen LogP contribution >= 0.6 is 11.3 Å². The van der Waals surface area contributed by atoms with Crippen LogP contribution in [0.15, 0.2) is 9.59 Å². The fourth-order valence-corrected chi connectivity index (χ4v) is 3.91. The zero-order valence-electron chi connectivity index (χ0n) is 14.3. The maximum atomic E-state index is 12.6. The van der Waals surface area contributed by atoms with Gasteiger partial charge in [0.2, 0.25) is 5.91 Å². The third-order valence-electron chi connectivity index (χ3n) is 3.91. The molecule has 3 N–H and O–H groups in total. The smallest absolute Gasteiger partial charge is 0.369 e. The van der Waals surface area contributed by atoms with Crippen molar-refractivity contribution < 1.29 is 18.0 Å². The number of aromatic nitrogens is 2. The monoisotopic (exact) mass is 392 g/mol. The molecular formula is C15H19F3N4O3S. The van der Waals surface area contributed by atoms with Crippen LogP contribution in [-0.2, 0) is 24.4 Å². The number of amides is 1. The van der Waals surface area contributed by atoms with Gasteiger partial charge >= 0.3 is 11.9 Å². The summed E-state index contributed by atoms with van der Waals surface area (Å²) in [7, 11) is 0. The van der Waals surface area contributed by atoms with E-state index in [9.17, 15) is 27.6 Å². The lowest BCUT2D eigenvalue weighted by molar-refractivity contribution is -0.136. The maximum Gasteiger partial charge on any atom is 0.390 e. The fourth-order valence-electron chi connectivity index (χ4n) is 2.62. The maximum absolute atomic E-state index is 12.6. The Balaban J connectivity index is 2.59. The number of primary amides is 1. The molecule has 2 heterocycles. The molecule has 0 radical (unpaired) electrons. The third-order valence-corrected chi connectivity index (χ3v) is 5.23. The van der Waals surface area contributed by atoms with Gasteiger partial charge in [-0.1, -0.05) is 0 Å². The first-order valence-corrected chi connectivity index (χ1v) is 8.69. The van der Waals surface area contributed by atoms with Crippen LogP contribution < -0.4 is 22.3 Å². The van der Waals surface area contributed by atoms with E-state index in [1.54, 1.807) is 13.8 Å². The minimum Gasteiger partial charge on any atom is -0.369 e. The van der Waals surface area contributed by atoms with Crippen LogP contribution in [0.3, 0.4) is 0 Å². The van der Waals surface area contributed by atoms with Gasteiger partial charge in [0, 0.05) is 24.5 Å². The number of thiophene rings is 1. The van der Waals surface area contributed by atoms with Crippen LogP contribution in [0.5, 0.6) is 0 Å². The third kappa shape index (κ3) is 4.15. The van der Waals surface area contributed by atoms with E-state index >= 15 is 0 Å². The molecule has 144 valence electrons. The highest BCUT2D eigenvalue weighted by atomic mass is 32.1. The molecule has 0 aliphatic heterocycles. The van der Waals surface area contributed by atoms with E-state index in [2.05, 4.69) is 5.32 Å². The van der Waals surface area contributed by atoms with Crippen LogP contribution in [0.2, 0.25) is 0 Å². The molecular weight excluding hydrogens is 373 g/mol. The molecule has 0 spiro atoms. The van der Waals surface area contributed by atoms with Crippen LogP contribution in [0, 0.1) is 6.92 Å². The van der Waals surface area contributed by atoms with E-state index in [1.807, 2.05) is 0 Å². The summed E-state index contributed by atoms with van der Waals surface area (Å²) >= 11 is 1.07. The molecule has 2 rings (SSSR count). The van der Waals surface area contributed by atoms with E-state index in [-0.39, 0.29) is 29.9 Å². The van der Waals surface area contributed by atoms with Crippen molar-refractivity contribution in [3.05, 3.63) is 31.3 Å². The van der Waals surface area contributed by atoms with E-state index < -0.39 is 36.3 Å².